The Morgan fingerprint density at radius 2 is 1.75 bits per heavy atom. The van der Waals surface area contributed by atoms with Crippen molar-refractivity contribution in [3.05, 3.63) is 102 Å². The quantitative estimate of drug-likeness (QED) is 0.309. The number of carbonyl (C=O) groups excluding carboxylic acids is 1. The van der Waals surface area contributed by atoms with Crippen molar-refractivity contribution >= 4 is 50.3 Å². The van der Waals surface area contributed by atoms with Crippen LogP contribution in [-0.2, 0) is 4.79 Å². The molecule has 5 nitrogen and oxygen atoms in total. The van der Waals surface area contributed by atoms with Gasteiger partial charge in [-0.25, -0.2) is 9.67 Å². The first-order valence-corrected chi connectivity index (χ1v) is 11.1. The molecular weight excluding hydrogens is 440 g/mol. The Bertz CT molecular complexity index is 1420. The normalized spacial score (nSPS) is 11.3. The molecule has 32 heavy (non-hydrogen) atoms. The van der Waals surface area contributed by atoms with Gasteiger partial charge in [0.05, 0.1) is 21.6 Å². The van der Waals surface area contributed by atoms with E-state index in [1.807, 2.05) is 83.7 Å². The molecule has 0 saturated carbocycles. The van der Waals surface area contributed by atoms with E-state index in [2.05, 4.69) is 10.3 Å². The summed E-state index contributed by atoms with van der Waals surface area (Å²) in [7, 11) is 0. The average molecular weight is 457 g/mol. The highest BCUT2D eigenvalue weighted by atomic mass is 35.5. The predicted octanol–water partition coefficient (Wildman–Crippen LogP) is 6.45. The van der Waals surface area contributed by atoms with E-state index in [-0.39, 0.29) is 5.91 Å². The highest BCUT2D eigenvalue weighted by molar-refractivity contribution is 7.22. The third kappa shape index (κ3) is 4.32. The predicted molar refractivity (Wildman–Crippen MR) is 131 cm³/mol. The number of anilines is 1. The fourth-order valence-corrected chi connectivity index (χ4v) is 4.45. The van der Waals surface area contributed by atoms with Gasteiger partial charge in [-0.1, -0.05) is 71.5 Å². The zero-order valence-corrected chi connectivity index (χ0v) is 18.3. The van der Waals surface area contributed by atoms with Crippen LogP contribution >= 0.6 is 22.9 Å². The van der Waals surface area contributed by atoms with Crippen molar-refractivity contribution in [2.24, 2.45) is 0 Å². The summed E-state index contributed by atoms with van der Waals surface area (Å²) in [6, 6.07) is 25.2. The monoisotopic (exact) mass is 456 g/mol. The molecule has 3 aromatic carbocycles. The van der Waals surface area contributed by atoms with Crippen LogP contribution in [0.5, 0.6) is 0 Å². The van der Waals surface area contributed by atoms with Crippen molar-refractivity contribution in [3.8, 4) is 16.9 Å². The number of benzene rings is 3. The zero-order valence-electron chi connectivity index (χ0n) is 16.8. The molecule has 0 aliphatic heterocycles. The number of fused-ring (bicyclic) bond motifs is 1. The molecule has 0 atom stereocenters. The van der Waals surface area contributed by atoms with Gasteiger partial charge >= 0.3 is 0 Å². The molecule has 0 unspecified atom stereocenters. The van der Waals surface area contributed by atoms with Crippen molar-refractivity contribution in [2.45, 2.75) is 0 Å². The number of thiazole rings is 1. The summed E-state index contributed by atoms with van der Waals surface area (Å²) in [6.45, 7) is 0. The van der Waals surface area contributed by atoms with Crippen molar-refractivity contribution in [1.82, 2.24) is 14.8 Å². The van der Waals surface area contributed by atoms with E-state index in [0.29, 0.717) is 10.2 Å². The molecule has 1 amide bonds. The van der Waals surface area contributed by atoms with Crippen LogP contribution in [0.3, 0.4) is 0 Å². The van der Waals surface area contributed by atoms with Crippen LogP contribution in [-0.4, -0.2) is 20.7 Å². The van der Waals surface area contributed by atoms with Crippen LogP contribution in [0, 0.1) is 0 Å². The second kappa shape index (κ2) is 8.78. The molecule has 5 aromatic rings. The summed E-state index contributed by atoms with van der Waals surface area (Å²) in [5.74, 6) is -0.262. The van der Waals surface area contributed by atoms with E-state index in [1.54, 1.807) is 12.1 Å². The Balaban J connectivity index is 1.42. The first-order valence-electron chi connectivity index (χ1n) is 9.91. The van der Waals surface area contributed by atoms with Gasteiger partial charge in [0.15, 0.2) is 5.13 Å². The number of hydrogen-bond donors (Lipinski definition) is 1. The summed E-state index contributed by atoms with van der Waals surface area (Å²) in [6.07, 6.45) is 5.19. The van der Waals surface area contributed by atoms with Gasteiger partial charge < -0.3 is 0 Å². The molecule has 7 heteroatoms. The molecule has 0 aliphatic carbocycles. The Kier molecular flexibility index (Phi) is 5.54. The topological polar surface area (TPSA) is 59.8 Å². The SMILES string of the molecule is O=C(/C=C/c1cn(-c2ccccc2)nc1-c1ccccc1)Nc1nc2ccc(Cl)cc2s1. The molecule has 2 aromatic heterocycles. The molecular formula is C25H17ClN4OS. The van der Waals surface area contributed by atoms with E-state index < -0.39 is 0 Å². The van der Waals surface area contributed by atoms with Gasteiger partial charge in [-0.15, -0.1) is 0 Å². The molecule has 0 spiro atoms. The minimum Gasteiger partial charge on any atom is -0.298 e. The van der Waals surface area contributed by atoms with Gasteiger partial charge in [0.1, 0.15) is 0 Å². The van der Waals surface area contributed by atoms with E-state index in [4.69, 9.17) is 16.7 Å². The van der Waals surface area contributed by atoms with E-state index in [1.165, 1.54) is 17.4 Å². The molecule has 1 N–H and O–H groups in total. The molecule has 2 heterocycles. The lowest BCUT2D eigenvalue weighted by Crippen LogP contribution is -2.07. The van der Waals surface area contributed by atoms with Gasteiger partial charge in [0.25, 0.3) is 0 Å². The van der Waals surface area contributed by atoms with Crippen molar-refractivity contribution in [1.29, 1.82) is 0 Å². The number of carbonyl (C=O) groups is 1. The number of amides is 1. The van der Waals surface area contributed by atoms with E-state index in [0.717, 1.165) is 32.7 Å². The van der Waals surface area contributed by atoms with E-state index >= 15 is 0 Å². The third-order valence-electron chi connectivity index (χ3n) is 4.81. The minimum absolute atomic E-state index is 0.262. The van der Waals surface area contributed by atoms with Gasteiger partial charge in [-0.2, -0.15) is 5.10 Å². The Morgan fingerprint density at radius 1 is 1.00 bits per heavy atom. The second-order valence-electron chi connectivity index (χ2n) is 7.03. The molecule has 0 aliphatic rings. The maximum atomic E-state index is 12.6. The van der Waals surface area contributed by atoms with Gasteiger partial charge in [-0.3, -0.25) is 10.1 Å². The molecule has 0 radical (unpaired) electrons. The second-order valence-corrected chi connectivity index (χ2v) is 8.50. The lowest BCUT2D eigenvalue weighted by Gasteiger charge is -2.00. The maximum Gasteiger partial charge on any atom is 0.250 e. The lowest BCUT2D eigenvalue weighted by molar-refractivity contribution is -0.111. The summed E-state index contributed by atoms with van der Waals surface area (Å²) in [5, 5.41) is 8.76. The van der Waals surface area contributed by atoms with Crippen LogP contribution in [0.25, 0.3) is 33.2 Å². The Labute approximate surface area is 193 Å². The fourth-order valence-electron chi connectivity index (χ4n) is 3.31. The van der Waals surface area contributed by atoms with Crippen LogP contribution in [0.15, 0.2) is 91.1 Å². The summed E-state index contributed by atoms with van der Waals surface area (Å²) in [5.41, 5.74) is 4.36. The Hall–Kier alpha value is -3.74. The van der Waals surface area contributed by atoms with Crippen LogP contribution in [0.4, 0.5) is 5.13 Å². The third-order valence-corrected chi connectivity index (χ3v) is 5.97. The summed E-state index contributed by atoms with van der Waals surface area (Å²) >= 11 is 7.42. The first kappa shape index (κ1) is 20.2. The molecule has 5 rings (SSSR count). The van der Waals surface area contributed by atoms with Crippen molar-refractivity contribution in [3.63, 3.8) is 0 Å². The van der Waals surface area contributed by atoms with Crippen LogP contribution < -0.4 is 5.32 Å². The number of hydrogen-bond acceptors (Lipinski definition) is 4. The molecule has 156 valence electrons. The number of halogens is 1. The molecule has 0 fully saturated rings. The smallest absolute Gasteiger partial charge is 0.250 e. The Morgan fingerprint density at radius 3 is 2.53 bits per heavy atom. The first-order chi connectivity index (χ1) is 15.7. The number of nitrogens with one attached hydrogen (secondary N) is 1. The average Bonchev–Trinajstić information content (AvgIpc) is 3.42. The molecule has 0 bridgehead atoms. The van der Waals surface area contributed by atoms with Crippen molar-refractivity contribution in [2.75, 3.05) is 5.32 Å². The number of nitrogens with zero attached hydrogens (tertiary/aromatic N) is 3. The number of para-hydroxylation sites is 1. The highest BCUT2D eigenvalue weighted by Crippen LogP contribution is 2.28. The largest absolute Gasteiger partial charge is 0.298 e. The van der Waals surface area contributed by atoms with Gasteiger partial charge in [0.2, 0.25) is 5.91 Å². The maximum absolute atomic E-state index is 12.6. The summed E-state index contributed by atoms with van der Waals surface area (Å²) in [4.78, 5) is 17.0. The van der Waals surface area contributed by atoms with Crippen molar-refractivity contribution < 1.29 is 4.79 Å². The number of rotatable bonds is 5. The lowest BCUT2D eigenvalue weighted by atomic mass is 10.1. The minimum atomic E-state index is -0.262. The standard InChI is InChI=1S/C25H17ClN4OS/c26-19-12-13-21-22(15-19)32-25(27-21)28-23(31)14-11-18-16-30(20-9-5-2-6-10-20)29-24(18)17-7-3-1-4-8-17/h1-16H,(H,27,28,31)/b14-11+. The molecule has 0 saturated heterocycles. The zero-order chi connectivity index (χ0) is 21.9. The van der Waals surface area contributed by atoms with E-state index in [9.17, 15) is 4.79 Å². The fraction of sp³-hybridized carbons (Fsp3) is 0. The van der Waals surface area contributed by atoms with Gasteiger partial charge in [-0.05, 0) is 36.4 Å². The van der Waals surface area contributed by atoms with Crippen LogP contribution in [0.2, 0.25) is 5.02 Å². The van der Waals surface area contributed by atoms with Gasteiger partial charge in [0, 0.05) is 28.4 Å². The summed E-state index contributed by atoms with van der Waals surface area (Å²) < 4.78 is 2.74. The number of aromatic nitrogens is 3. The highest BCUT2D eigenvalue weighted by Gasteiger charge is 2.11. The van der Waals surface area contributed by atoms with Crippen LogP contribution in [0.1, 0.15) is 5.56 Å².